The first-order valence-electron chi connectivity index (χ1n) is 6.80. The Bertz CT molecular complexity index is 485. The molecule has 3 nitrogen and oxygen atoms in total. The number of carbonyl (C=O) groups is 1. The molecule has 0 aliphatic carbocycles. The highest BCUT2D eigenvalue weighted by molar-refractivity contribution is 5.78. The van der Waals surface area contributed by atoms with Crippen LogP contribution in [0.3, 0.4) is 0 Å². The summed E-state index contributed by atoms with van der Waals surface area (Å²) >= 11 is 0. The Labute approximate surface area is 120 Å². The summed E-state index contributed by atoms with van der Waals surface area (Å²) in [5.74, 6) is -0.303. The normalized spacial score (nSPS) is 10.7. The van der Waals surface area contributed by atoms with Crippen molar-refractivity contribution in [3.8, 4) is 0 Å². The van der Waals surface area contributed by atoms with Gasteiger partial charge in [0.2, 0.25) is 5.91 Å². The predicted molar refractivity (Wildman–Crippen MR) is 79.9 cm³/mol. The van der Waals surface area contributed by atoms with Gasteiger partial charge in [-0.2, -0.15) is 0 Å². The van der Waals surface area contributed by atoms with E-state index in [0.717, 1.165) is 17.7 Å². The summed E-state index contributed by atoms with van der Waals surface area (Å²) in [6.45, 7) is 11.7. The minimum atomic E-state index is -0.241. The quantitative estimate of drug-likeness (QED) is 0.778. The Hall–Kier alpha value is -1.68. The number of nitrogens with one attached hydrogen (secondary N) is 1. The number of likely N-dealkylation sites (N-methyl/N-ethyl adjacent to an activating group) is 1. The van der Waals surface area contributed by atoms with Gasteiger partial charge in [-0.05, 0) is 37.6 Å². The van der Waals surface area contributed by atoms with E-state index in [1.54, 1.807) is 13.0 Å². The van der Waals surface area contributed by atoms with Gasteiger partial charge < -0.3 is 5.32 Å². The van der Waals surface area contributed by atoms with Crippen LogP contribution in [0.2, 0.25) is 0 Å². The fraction of sp³-hybridized carbons (Fsp3) is 0.438. The Kier molecular flexibility index (Phi) is 6.39. The van der Waals surface area contributed by atoms with Crippen LogP contribution in [-0.4, -0.2) is 30.4 Å². The summed E-state index contributed by atoms with van der Waals surface area (Å²) < 4.78 is 13.4. The zero-order chi connectivity index (χ0) is 15.1. The van der Waals surface area contributed by atoms with Gasteiger partial charge in [0.25, 0.3) is 0 Å². The first-order valence-corrected chi connectivity index (χ1v) is 6.80. The van der Waals surface area contributed by atoms with Crippen molar-refractivity contribution in [3.05, 3.63) is 47.3 Å². The Balaban J connectivity index is 2.46. The number of aryl methyl sites for hydroxylation is 1. The van der Waals surface area contributed by atoms with Gasteiger partial charge in [-0.3, -0.25) is 9.69 Å². The molecule has 0 aromatic heterocycles. The van der Waals surface area contributed by atoms with Crippen LogP contribution in [0, 0.1) is 12.7 Å². The van der Waals surface area contributed by atoms with E-state index < -0.39 is 0 Å². The fourth-order valence-corrected chi connectivity index (χ4v) is 1.87. The Morgan fingerprint density at radius 2 is 2.10 bits per heavy atom. The molecule has 1 aromatic carbocycles. The van der Waals surface area contributed by atoms with E-state index >= 15 is 0 Å². The van der Waals surface area contributed by atoms with E-state index in [9.17, 15) is 9.18 Å². The lowest BCUT2D eigenvalue weighted by atomic mass is 10.1. The summed E-state index contributed by atoms with van der Waals surface area (Å²) in [5.41, 5.74) is 2.41. The first kappa shape index (κ1) is 16.4. The fourth-order valence-electron chi connectivity index (χ4n) is 1.87. The van der Waals surface area contributed by atoms with Crippen LogP contribution in [0.1, 0.15) is 25.0 Å². The molecule has 0 atom stereocenters. The van der Waals surface area contributed by atoms with Crippen molar-refractivity contribution in [3.63, 3.8) is 0 Å². The molecule has 1 amide bonds. The topological polar surface area (TPSA) is 32.3 Å². The van der Waals surface area contributed by atoms with Crippen LogP contribution in [0.4, 0.5) is 4.39 Å². The Morgan fingerprint density at radius 1 is 1.40 bits per heavy atom. The zero-order valence-corrected chi connectivity index (χ0v) is 12.5. The van der Waals surface area contributed by atoms with Gasteiger partial charge >= 0.3 is 0 Å². The zero-order valence-electron chi connectivity index (χ0n) is 12.5. The lowest BCUT2D eigenvalue weighted by Gasteiger charge is -2.19. The van der Waals surface area contributed by atoms with E-state index in [2.05, 4.69) is 11.9 Å². The third kappa shape index (κ3) is 5.53. The van der Waals surface area contributed by atoms with E-state index in [1.165, 1.54) is 6.07 Å². The highest BCUT2D eigenvalue weighted by atomic mass is 19.1. The van der Waals surface area contributed by atoms with Crippen molar-refractivity contribution in [1.82, 2.24) is 10.2 Å². The number of halogens is 1. The molecular weight excluding hydrogens is 255 g/mol. The average molecular weight is 278 g/mol. The van der Waals surface area contributed by atoms with Crippen molar-refractivity contribution in [2.45, 2.75) is 27.3 Å². The van der Waals surface area contributed by atoms with E-state index in [4.69, 9.17) is 0 Å². The van der Waals surface area contributed by atoms with Crippen LogP contribution in [0.15, 0.2) is 30.4 Å². The van der Waals surface area contributed by atoms with E-state index in [0.29, 0.717) is 25.2 Å². The van der Waals surface area contributed by atoms with Gasteiger partial charge in [-0.1, -0.05) is 31.2 Å². The summed E-state index contributed by atoms with van der Waals surface area (Å²) in [6, 6.07) is 5.00. The van der Waals surface area contributed by atoms with E-state index in [1.807, 2.05) is 24.8 Å². The molecule has 0 aliphatic heterocycles. The molecule has 0 heterocycles. The molecule has 4 heteroatoms. The highest BCUT2D eigenvalue weighted by Gasteiger charge is 2.09. The van der Waals surface area contributed by atoms with Crippen molar-refractivity contribution in [2.75, 3.05) is 19.6 Å². The maximum absolute atomic E-state index is 13.4. The molecule has 0 aliphatic rings. The number of carbonyl (C=O) groups excluding carboxylic acids is 1. The molecule has 1 aromatic rings. The van der Waals surface area contributed by atoms with Gasteiger partial charge in [0.05, 0.1) is 6.54 Å². The molecule has 0 unspecified atom stereocenters. The van der Waals surface area contributed by atoms with Crippen molar-refractivity contribution in [1.29, 1.82) is 0 Å². The molecule has 0 saturated heterocycles. The second-order valence-corrected chi connectivity index (χ2v) is 5.12. The minimum Gasteiger partial charge on any atom is -0.351 e. The van der Waals surface area contributed by atoms with Gasteiger partial charge in [-0.25, -0.2) is 4.39 Å². The van der Waals surface area contributed by atoms with Gasteiger partial charge in [0, 0.05) is 13.1 Å². The molecule has 1 N–H and O–H groups in total. The molecule has 0 bridgehead atoms. The molecule has 0 saturated carbocycles. The largest absolute Gasteiger partial charge is 0.351 e. The Morgan fingerprint density at radius 3 is 2.65 bits per heavy atom. The number of amides is 1. The third-order valence-electron chi connectivity index (χ3n) is 3.03. The average Bonchev–Trinajstić information content (AvgIpc) is 2.39. The molecule has 20 heavy (non-hydrogen) atoms. The molecule has 110 valence electrons. The first-order chi connectivity index (χ1) is 9.42. The monoisotopic (exact) mass is 278 g/mol. The smallest absolute Gasteiger partial charge is 0.234 e. The van der Waals surface area contributed by atoms with Crippen LogP contribution in [-0.2, 0) is 11.3 Å². The maximum Gasteiger partial charge on any atom is 0.234 e. The minimum absolute atomic E-state index is 0.0610. The lowest BCUT2D eigenvalue weighted by Crippen LogP contribution is -2.37. The van der Waals surface area contributed by atoms with Crippen LogP contribution in [0.25, 0.3) is 0 Å². The van der Waals surface area contributed by atoms with Crippen LogP contribution >= 0.6 is 0 Å². The lowest BCUT2D eigenvalue weighted by molar-refractivity contribution is -0.122. The molecule has 0 fully saturated rings. The SMILES string of the molecule is C=C(C)CN(CC)CC(=O)NCc1ccc(C)c(F)c1. The van der Waals surface area contributed by atoms with E-state index in [-0.39, 0.29) is 11.7 Å². The summed E-state index contributed by atoms with van der Waals surface area (Å²) in [7, 11) is 0. The van der Waals surface area contributed by atoms with Crippen LogP contribution < -0.4 is 5.32 Å². The predicted octanol–water partition coefficient (Wildman–Crippen LogP) is 2.65. The molecule has 0 spiro atoms. The number of hydrogen-bond acceptors (Lipinski definition) is 2. The van der Waals surface area contributed by atoms with Crippen LogP contribution in [0.5, 0.6) is 0 Å². The number of hydrogen-bond donors (Lipinski definition) is 1. The van der Waals surface area contributed by atoms with Gasteiger partial charge in [-0.15, -0.1) is 0 Å². The van der Waals surface area contributed by atoms with Crippen molar-refractivity contribution >= 4 is 5.91 Å². The molecule has 0 radical (unpaired) electrons. The third-order valence-corrected chi connectivity index (χ3v) is 3.03. The van der Waals surface area contributed by atoms with Crippen molar-refractivity contribution < 1.29 is 9.18 Å². The second-order valence-electron chi connectivity index (χ2n) is 5.12. The summed E-state index contributed by atoms with van der Waals surface area (Å²) in [4.78, 5) is 13.9. The number of rotatable bonds is 7. The number of nitrogens with zero attached hydrogens (tertiary/aromatic N) is 1. The second kappa shape index (κ2) is 7.80. The number of benzene rings is 1. The summed E-state index contributed by atoms with van der Waals surface area (Å²) in [5, 5.41) is 2.81. The van der Waals surface area contributed by atoms with Crippen molar-refractivity contribution in [2.24, 2.45) is 0 Å². The molecule has 1 rings (SSSR count). The highest BCUT2D eigenvalue weighted by Crippen LogP contribution is 2.08. The standard InChI is InChI=1S/C16H23FN2O/c1-5-19(10-12(2)3)11-16(20)18-9-14-7-6-13(4)15(17)8-14/h6-8H,2,5,9-11H2,1,3-4H3,(H,18,20). The maximum atomic E-state index is 13.4. The summed E-state index contributed by atoms with van der Waals surface area (Å²) in [6.07, 6.45) is 0. The molecular formula is C16H23FN2O. The van der Waals surface area contributed by atoms with Gasteiger partial charge in [0.1, 0.15) is 5.82 Å². The van der Waals surface area contributed by atoms with Gasteiger partial charge in [0.15, 0.2) is 0 Å².